The Kier molecular flexibility index (Phi) is 7.51. The zero-order chi connectivity index (χ0) is 26.6. The molecule has 0 bridgehead atoms. The molecule has 0 fully saturated rings. The summed E-state index contributed by atoms with van der Waals surface area (Å²) >= 11 is 0. The minimum atomic E-state index is -1.49. The number of ether oxygens (including phenoxy) is 1. The molecule has 1 N–H and O–H groups in total. The van der Waals surface area contributed by atoms with Crippen LogP contribution in [0, 0.1) is 11.5 Å². The van der Waals surface area contributed by atoms with Crippen LogP contribution in [0.1, 0.15) is 43.6 Å². The van der Waals surface area contributed by atoms with Gasteiger partial charge in [-0.1, -0.05) is 61.0 Å². The molecule has 190 valence electrons. The molecule has 37 heavy (non-hydrogen) atoms. The number of hydrogen-bond acceptors (Lipinski definition) is 5. The van der Waals surface area contributed by atoms with E-state index in [0.717, 1.165) is 27.8 Å². The van der Waals surface area contributed by atoms with Crippen molar-refractivity contribution in [3.63, 3.8) is 0 Å². The number of carbonyl (C=O) groups excluding carboxylic acids is 1. The number of fused-ring (bicyclic) bond motifs is 1. The minimum Gasteiger partial charge on any atom is -0.444 e. The number of benzene rings is 2. The fraction of sp³-hybridized carbons (Fsp3) is 0.300. The van der Waals surface area contributed by atoms with Crippen molar-refractivity contribution in [3.8, 4) is 22.7 Å². The maximum Gasteiger partial charge on any atom is 0.408 e. The Morgan fingerprint density at radius 1 is 1.08 bits per heavy atom. The highest BCUT2D eigenvalue weighted by Gasteiger charge is 2.25. The molecule has 2 heterocycles. The topological polar surface area (TPSA) is 77.2 Å². The standard InChI is InChI=1S/C30H33N3O3Si/c1-30(2,3)35-29(34)32-26(20-22-11-9-10-17-31-22)23-12-7-8-13-24(23)28-25-15-14-21(16-18-37(4,5)6)19-27(25)36-33-28/h7-15,17,19,26H,20H2,1-6H3,(H,32,34)/t26-/m0/s1. The molecule has 4 aromatic rings. The van der Waals surface area contributed by atoms with Crippen LogP contribution >= 0.6 is 0 Å². The summed E-state index contributed by atoms with van der Waals surface area (Å²) < 4.78 is 11.3. The van der Waals surface area contributed by atoms with E-state index in [1.165, 1.54) is 0 Å². The summed E-state index contributed by atoms with van der Waals surface area (Å²) in [5, 5.41) is 8.37. The van der Waals surface area contributed by atoms with Crippen LogP contribution in [-0.2, 0) is 11.2 Å². The Morgan fingerprint density at radius 2 is 1.84 bits per heavy atom. The number of aromatic nitrogens is 2. The second-order valence-corrected chi connectivity index (χ2v) is 15.8. The van der Waals surface area contributed by atoms with Gasteiger partial charge in [0.1, 0.15) is 19.4 Å². The number of amides is 1. The number of pyridine rings is 1. The molecule has 6 nitrogen and oxygen atoms in total. The summed E-state index contributed by atoms with van der Waals surface area (Å²) in [6.07, 6.45) is 1.75. The average Bonchev–Trinajstić information content (AvgIpc) is 3.24. The maximum atomic E-state index is 12.8. The minimum absolute atomic E-state index is 0.394. The lowest BCUT2D eigenvalue weighted by Crippen LogP contribution is -2.36. The zero-order valence-corrected chi connectivity index (χ0v) is 23.3. The van der Waals surface area contributed by atoms with E-state index >= 15 is 0 Å². The van der Waals surface area contributed by atoms with Crippen LogP contribution in [0.2, 0.25) is 19.6 Å². The molecule has 0 aliphatic rings. The summed E-state index contributed by atoms with van der Waals surface area (Å²) in [5.74, 6) is 3.28. The molecule has 4 rings (SSSR count). The average molecular weight is 512 g/mol. The summed E-state index contributed by atoms with van der Waals surface area (Å²) in [7, 11) is -1.49. The number of nitrogens with zero attached hydrogens (tertiary/aromatic N) is 2. The van der Waals surface area contributed by atoms with Crippen LogP contribution in [0.15, 0.2) is 71.4 Å². The van der Waals surface area contributed by atoms with E-state index in [1.807, 2.05) is 81.4 Å². The Hall–Kier alpha value is -3.89. The highest BCUT2D eigenvalue weighted by Crippen LogP contribution is 2.34. The van der Waals surface area contributed by atoms with Gasteiger partial charge in [-0.05, 0) is 56.7 Å². The number of carbonyl (C=O) groups is 1. The monoisotopic (exact) mass is 511 g/mol. The SMILES string of the molecule is CC(C)(C)OC(=O)N[C@@H](Cc1ccccn1)c1ccccc1-c1noc2cc(C#C[Si](C)(C)C)ccc12. The quantitative estimate of drug-likeness (QED) is 0.232. The second kappa shape index (κ2) is 10.6. The second-order valence-electron chi connectivity index (χ2n) is 11.1. The maximum absolute atomic E-state index is 12.8. The molecule has 0 saturated heterocycles. The molecule has 2 aromatic carbocycles. The van der Waals surface area contributed by atoms with Crippen LogP contribution < -0.4 is 5.32 Å². The molecule has 0 spiro atoms. The highest BCUT2D eigenvalue weighted by molar-refractivity contribution is 6.83. The van der Waals surface area contributed by atoms with E-state index < -0.39 is 25.8 Å². The molecule has 0 radical (unpaired) electrons. The van der Waals surface area contributed by atoms with Gasteiger partial charge in [0.05, 0.1) is 6.04 Å². The van der Waals surface area contributed by atoms with E-state index in [-0.39, 0.29) is 0 Å². The van der Waals surface area contributed by atoms with E-state index in [4.69, 9.17) is 9.26 Å². The Morgan fingerprint density at radius 3 is 2.54 bits per heavy atom. The van der Waals surface area contributed by atoms with Gasteiger partial charge in [-0.2, -0.15) is 0 Å². The van der Waals surface area contributed by atoms with Crippen LogP contribution in [0.3, 0.4) is 0 Å². The van der Waals surface area contributed by atoms with Crippen molar-refractivity contribution in [3.05, 3.63) is 83.7 Å². The van der Waals surface area contributed by atoms with Crippen molar-refractivity contribution in [2.45, 2.75) is 58.5 Å². The Balaban J connectivity index is 1.74. The lowest BCUT2D eigenvalue weighted by Gasteiger charge is -2.25. The third-order valence-corrected chi connectivity index (χ3v) is 6.35. The molecule has 0 saturated carbocycles. The van der Waals surface area contributed by atoms with Gasteiger partial charge in [-0.25, -0.2) is 4.79 Å². The van der Waals surface area contributed by atoms with E-state index in [0.29, 0.717) is 17.7 Å². The van der Waals surface area contributed by atoms with Gasteiger partial charge in [0.2, 0.25) is 0 Å². The van der Waals surface area contributed by atoms with Gasteiger partial charge in [0.25, 0.3) is 0 Å². The predicted molar refractivity (Wildman–Crippen MR) is 150 cm³/mol. The zero-order valence-electron chi connectivity index (χ0n) is 22.3. The molecule has 2 aromatic heterocycles. The van der Waals surface area contributed by atoms with E-state index in [9.17, 15) is 4.79 Å². The third-order valence-electron chi connectivity index (χ3n) is 5.48. The fourth-order valence-corrected chi connectivity index (χ4v) is 4.42. The number of hydrogen-bond donors (Lipinski definition) is 1. The fourth-order valence-electron chi connectivity index (χ4n) is 3.90. The first-order chi connectivity index (χ1) is 17.5. The smallest absolute Gasteiger partial charge is 0.408 e. The lowest BCUT2D eigenvalue weighted by atomic mass is 9.93. The van der Waals surface area contributed by atoms with Crippen molar-refractivity contribution in [2.24, 2.45) is 0 Å². The number of alkyl carbamates (subject to hydrolysis) is 1. The summed E-state index contributed by atoms with van der Waals surface area (Å²) in [4.78, 5) is 17.3. The van der Waals surface area contributed by atoms with E-state index in [1.54, 1.807) is 6.20 Å². The first-order valence-corrected chi connectivity index (χ1v) is 15.9. The largest absolute Gasteiger partial charge is 0.444 e. The van der Waals surface area contributed by atoms with Crippen molar-refractivity contribution < 1.29 is 14.1 Å². The summed E-state index contributed by atoms with van der Waals surface area (Å²) in [5.41, 5.74) is 7.71. The van der Waals surface area contributed by atoms with Gasteiger partial charge in [0, 0.05) is 34.8 Å². The molecule has 0 unspecified atom stereocenters. The Bertz CT molecular complexity index is 1450. The summed E-state index contributed by atoms with van der Waals surface area (Å²) in [6.45, 7) is 12.2. The molecular formula is C30H33N3O3Si. The molecule has 0 aliphatic heterocycles. The first-order valence-electron chi connectivity index (χ1n) is 12.4. The van der Waals surface area contributed by atoms with Crippen molar-refractivity contribution in [1.82, 2.24) is 15.5 Å². The van der Waals surface area contributed by atoms with Crippen molar-refractivity contribution in [1.29, 1.82) is 0 Å². The molecule has 1 atom stereocenters. The van der Waals surface area contributed by atoms with Crippen LogP contribution in [0.25, 0.3) is 22.2 Å². The molecule has 1 amide bonds. The van der Waals surface area contributed by atoms with Gasteiger partial charge in [-0.15, -0.1) is 5.54 Å². The number of nitrogens with one attached hydrogen (secondary N) is 1. The van der Waals surface area contributed by atoms with Crippen molar-refractivity contribution >= 4 is 25.1 Å². The van der Waals surface area contributed by atoms with Gasteiger partial charge in [-0.3, -0.25) is 4.98 Å². The predicted octanol–water partition coefficient (Wildman–Crippen LogP) is 6.93. The third kappa shape index (κ3) is 7.08. The molecular weight excluding hydrogens is 478 g/mol. The van der Waals surface area contributed by atoms with Crippen LogP contribution in [0.4, 0.5) is 4.79 Å². The van der Waals surface area contributed by atoms with Gasteiger partial charge >= 0.3 is 6.09 Å². The van der Waals surface area contributed by atoms with E-state index in [2.05, 4.69) is 46.6 Å². The normalized spacial score (nSPS) is 12.5. The van der Waals surface area contributed by atoms with Crippen molar-refractivity contribution in [2.75, 3.05) is 0 Å². The van der Waals surface area contributed by atoms with Gasteiger partial charge in [0.15, 0.2) is 5.58 Å². The molecule has 7 heteroatoms. The Labute approximate surface area is 219 Å². The van der Waals surface area contributed by atoms with Crippen LogP contribution in [-0.4, -0.2) is 29.9 Å². The van der Waals surface area contributed by atoms with Crippen LogP contribution in [0.5, 0.6) is 0 Å². The lowest BCUT2D eigenvalue weighted by molar-refractivity contribution is 0.0503. The first kappa shape index (κ1) is 26.2. The summed E-state index contributed by atoms with van der Waals surface area (Å²) in [6, 6.07) is 19.2. The number of rotatable bonds is 5. The molecule has 0 aliphatic carbocycles. The highest BCUT2D eigenvalue weighted by atomic mass is 28.3. The van der Waals surface area contributed by atoms with Gasteiger partial charge < -0.3 is 14.6 Å².